The summed E-state index contributed by atoms with van der Waals surface area (Å²) in [6.45, 7) is 0.395. The third-order valence-corrected chi connectivity index (χ3v) is 8.01. The highest BCUT2D eigenvalue weighted by Crippen LogP contribution is 2.46. The summed E-state index contributed by atoms with van der Waals surface area (Å²) in [5.41, 5.74) is 3.13. The van der Waals surface area contributed by atoms with Gasteiger partial charge in [0.2, 0.25) is 0 Å². The van der Waals surface area contributed by atoms with Crippen LogP contribution in [0.5, 0.6) is 0 Å². The van der Waals surface area contributed by atoms with E-state index in [9.17, 15) is 4.79 Å². The summed E-state index contributed by atoms with van der Waals surface area (Å²) in [7, 11) is 0. The summed E-state index contributed by atoms with van der Waals surface area (Å²) in [5, 5.41) is 8.50. The normalized spacial score (nSPS) is 23.5. The van der Waals surface area contributed by atoms with Crippen molar-refractivity contribution < 1.29 is 14.1 Å². The number of aromatic nitrogens is 1. The minimum atomic E-state index is -0.0205. The van der Waals surface area contributed by atoms with Crippen molar-refractivity contribution >= 4 is 34.9 Å². The Hall–Kier alpha value is -2.54. The molecule has 2 saturated heterocycles. The molecule has 3 heterocycles. The molecule has 1 aromatic heterocycles. The SMILES string of the molecule is O=C(Nc1ccccc1)N1C2CCC1CC(OCc1c(-c3c(Cl)cccc3Cl)noc1C1CC1)C2. The van der Waals surface area contributed by atoms with Gasteiger partial charge in [0.15, 0.2) is 0 Å². The molecule has 2 aromatic carbocycles. The number of nitrogens with one attached hydrogen (secondary N) is 1. The van der Waals surface area contributed by atoms with Crippen molar-refractivity contribution in [3.05, 3.63) is 69.9 Å². The highest BCUT2D eigenvalue weighted by Gasteiger charge is 2.44. The zero-order valence-corrected chi connectivity index (χ0v) is 20.8. The van der Waals surface area contributed by atoms with E-state index in [-0.39, 0.29) is 24.2 Å². The van der Waals surface area contributed by atoms with E-state index in [0.717, 1.165) is 55.5 Å². The second-order valence-corrected chi connectivity index (χ2v) is 10.6. The molecule has 1 saturated carbocycles. The molecule has 1 aliphatic carbocycles. The second kappa shape index (κ2) is 9.49. The Balaban J connectivity index is 1.16. The van der Waals surface area contributed by atoms with Crippen LogP contribution in [-0.2, 0) is 11.3 Å². The van der Waals surface area contributed by atoms with Crippen LogP contribution < -0.4 is 5.32 Å². The molecule has 2 atom stereocenters. The van der Waals surface area contributed by atoms with E-state index in [1.807, 2.05) is 53.4 Å². The molecular formula is C27H27Cl2N3O3. The predicted molar refractivity (Wildman–Crippen MR) is 136 cm³/mol. The number of piperidine rings is 1. The van der Waals surface area contributed by atoms with Crippen molar-refractivity contribution in [3.63, 3.8) is 0 Å². The van der Waals surface area contributed by atoms with E-state index in [4.69, 9.17) is 32.5 Å². The van der Waals surface area contributed by atoms with Gasteiger partial charge in [-0.25, -0.2) is 4.79 Å². The Morgan fingerprint density at radius 3 is 2.34 bits per heavy atom. The van der Waals surface area contributed by atoms with E-state index < -0.39 is 0 Å². The number of nitrogens with zero attached hydrogens (tertiary/aromatic N) is 2. The molecule has 6 rings (SSSR count). The van der Waals surface area contributed by atoms with Gasteiger partial charge in [-0.05, 0) is 62.8 Å². The monoisotopic (exact) mass is 511 g/mol. The molecule has 3 fully saturated rings. The summed E-state index contributed by atoms with van der Waals surface area (Å²) < 4.78 is 12.2. The number of ether oxygens (including phenoxy) is 1. The lowest BCUT2D eigenvalue weighted by Gasteiger charge is -2.38. The number of rotatable bonds is 6. The minimum Gasteiger partial charge on any atom is -0.373 e. The molecule has 2 unspecified atom stereocenters. The van der Waals surface area contributed by atoms with Crippen LogP contribution in [-0.4, -0.2) is 34.3 Å². The summed E-state index contributed by atoms with van der Waals surface area (Å²) in [4.78, 5) is 15.0. The first kappa shape index (κ1) is 22.9. The van der Waals surface area contributed by atoms with Gasteiger partial charge in [0.1, 0.15) is 11.5 Å². The van der Waals surface area contributed by atoms with Gasteiger partial charge < -0.3 is 19.5 Å². The van der Waals surface area contributed by atoms with Gasteiger partial charge in [-0.1, -0.05) is 52.6 Å². The third-order valence-electron chi connectivity index (χ3n) is 7.38. The summed E-state index contributed by atoms with van der Waals surface area (Å²) >= 11 is 13.0. The first-order valence-corrected chi connectivity index (χ1v) is 13.0. The topological polar surface area (TPSA) is 67.6 Å². The van der Waals surface area contributed by atoms with Gasteiger partial charge in [-0.2, -0.15) is 0 Å². The second-order valence-electron chi connectivity index (χ2n) is 9.74. The van der Waals surface area contributed by atoms with Gasteiger partial charge in [-0.3, -0.25) is 0 Å². The van der Waals surface area contributed by atoms with Crippen molar-refractivity contribution in [2.45, 2.75) is 69.2 Å². The van der Waals surface area contributed by atoms with Crippen LogP contribution in [0.3, 0.4) is 0 Å². The zero-order chi connectivity index (χ0) is 23.9. The number of fused-ring (bicyclic) bond motifs is 2. The number of urea groups is 1. The van der Waals surface area contributed by atoms with Crippen molar-refractivity contribution in [2.24, 2.45) is 0 Å². The summed E-state index contributed by atoms with van der Waals surface area (Å²) in [6.07, 6.45) is 5.93. The lowest BCUT2D eigenvalue weighted by molar-refractivity contribution is -0.0158. The molecule has 182 valence electrons. The number of hydrogen-bond donors (Lipinski definition) is 1. The van der Waals surface area contributed by atoms with Gasteiger partial charge in [-0.15, -0.1) is 0 Å². The standard InChI is InChI=1S/C27H27Cl2N3O3/c28-22-7-4-8-23(29)24(22)25-21(26(35-31-25)16-9-10-16)15-34-20-13-18-11-12-19(14-20)32(18)27(33)30-17-5-2-1-3-6-17/h1-8,16,18-20H,9-15H2,(H,30,33). The number of carbonyl (C=O) groups excluding carboxylic acids is 1. The quantitative estimate of drug-likeness (QED) is 0.377. The molecule has 6 nitrogen and oxygen atoms in total. The van der Waals surface area contributed by atoms with Gasteiger partial charge in [0, 0.05) is 34.8 Å². The van der Waals surface area contributed by atoms with Crippen LogP contribution in [0.4, 0.5) is 10.5 Å². The van der Waals surface area contributed by atoms with Crippen LogP contribution in [0.1, 0.15) is 55.8 Å². The van der Waals surface area contributed by atoms with E-state index in [1.165, 1.54) is 0 Å². The Labute approximate surface area is 214 Å². The van der Waals surface area contributed by atoms with Gasteiger partial charge in [0.05, 0.1) is 22.8 Å². The number of halogens is 2. The summed E-state index contributed by atoms with van der Waals surface area (Å²) in [6, 6.07) is 15.4. The van der Waals surface area contributed by atoms with E-state index in [0.29, 0.717) is 33.8 Å². The van der Waals surface area contributed by atoms with Crippen molar-refractivity contribution in [1.29, 1.82) is 0 Å². The van der Waals surface area contributed by atoms with E-state index in [1.54, 1.807) is 0 Å². The number of carbonyl (C=O) groups is 1. The van der Waals surface area contributed by atoms with Gasteiger partial charge in [0.25, 0.3) is 0 Å². The Morgan fingerprint density at radius 2 is 1.69 bits per heavy atom. The molecule has 35 heavy (non-hydrogen) atoms. The fourth-order valence-electron chi connectivity index (χ4n) is 5.55. The Bertz CT molecular complexity index is 1190. The average Bonchev–Trinajstić information content (AvgIpc) is 3.55. The maximum absolute atomic E-state index is 13.0. The van der Waals surface area contributed by atoms with Crippen LogP contribution in [0.25, 0.3) is 11.3 Å². The lowest BCUT2D eigenvalue weighted by atomic mass is 9.99. The fraction of sp³-hybridized carbons (Fsp3) is 0.407. The largest absolute Gasteiger partial charge is 0.373 e. The lowest BCUT2D eigenvalue weighted by Crippen LogP contribution is -2.50. The molecule has 8 heteroatoms. The van der Waals surface area contributed by atoms with Crippen LogP contribution in [0, 0.1) is 0 Å². The maximum Gasteiger partial charge on any atom is 0.322 e. The first-order valence-electron chi connectivity index (χ1n) is 12.3. The average molecular weight is 512 g/mol. The van der Waals surface area contributed by atoms with E-state index in [2.05, 4.69) is 10.5 Å². The molecule has 2 bridgehead atoms. The number of hydrogen-bond acceptors (Lipinski definition) is 4. The highest BCUT2D eigenvalue weighted by atomic mass is 35.5. The van der Waals surface area contributed by atoms with Gasteiger partial charge >= 0.3 is 6.03 Å². The third kappa shape index (κ3) is 4.55. The number of para-hydroxylation sites is 1. The minimum absolute atomic E-state index is 0.0205. The number of benzene rings is 2. The number of anilines is 1. The van der Waals surface area contributed by atoms with Crippen LogP contribution in [0.2, 0.25) is 10.0 Å². The van der Waals surface area contributed by atoms with Crippen LogP contribution in [0.15, 0.2) is 53.1 Å². The molecule has 2 amide bonds. The Kier molecular flexibility index (Phi) is 6.21. The molecule has 0 spiro atoms. The van der Waals surface area contributed by atoms with E-state index >= 15 is 0 Å². The van der Waals surface area contributed by atoms with Crippen molar-refractivity contribution in [2.75, 3.05) is 5.32 Å². The molecular weight excluding hydrogens is 485 g/mol. The van der Waals surface area contributed by atoms with Crippen molar-refractivity contribution in [1.82, 2.24) is 10.1 Å². The first-order chi connectivity index (χ1) is 17.1. The maximum atomic E-state index is 13.0. The summed E-state index contributed by atoms with van der Waals surface area (Å²) in [5.74, 6) is 1.27. The Morgan fingerprint density at radius 1 is 1.00 bits per heavy atom. The molecule has 3 aliphatic rings. The highest BCUT2D eigenvalue weighted by molar-refractivity contribution is 6.39. The molecule has 2 aliphatic heterocycles. The molecule has 3 aromatic rings. The van der Waals surface area contributed by atoms with Crippen LogP contribution >= 0.6 is 23.2 Å². The molecule has 0 radical (unpaired) electrons. The zero-order valence-electron chi connectivity index (χ0n) is 19.3. The number of amides is 2. The predicted octanol–water partition coefficient (Wildman–Crippen LogP) is 7.27. The van der Waals surface area contributed by atoms with Crippen molar-refractivity contribution in [3.8, 4) is 11.3 Å². The smallest absolute Gasteiger partial charge is 0.322 e. The molecule has 1 N–H and O–H groups in total. The fourth-order valence-corrected chi connectivity index (χ4v) is 6.13.